The van der Waals surface area contributed by atoms with Crippen LogP contribution in [0.3, 0.4) is 0 Å². The van der Waals surface area contributed by atoms with Crippen molar-refractivity contribution in [2.75, 3.05) is 6.54 Å². The fraction of sp³-hybridized carbons (Fsp3) is 0.438. The summed E-state index contributed by atoms with van der Waals surface area (Å²) in [6.45, 7) is 0.836. The Morgan fingerprint density at radius 3 is 2.89 bits per heavy atom. The molecule has 2 aliphatic rings. The first-order valence-electron chi connectivity index (χ1n) is 7.00. The van der Waals surface area contributed by atoms with Crippen molar-refractivity contribution in [2.24, 2.45) is 0 Å². The molecule has 100 valence electrons. The molecule has 3 heteroatoms. The molecular weight excluding hydrogens is 238 g/mol. The summed E-state index contributed by atoms with van der Waals surface area (Å²) in [5, 5.41) is 9.62. The molecule has 0 spiro atoms. The van der Waals surface area contributed by atoms with E-state index < -0.39 is 12.0 Å². The minimum absolute atomic E-state index is 0.281. The van der Waals surface area contributed by atoms with Gasteiger partial charge in [0.05, 0.1) is 0 Å². The van der Waals surface area contributed by atoms with Crippen molar-refractivity contribution < 1.29 is 9.90 Å². The van der Waals surface area contributed by atoms with Crippen molar-refractivity contribution in [2.45, 2.75) is 37.8 Å². The van der Waals surface area contributed by atoms with Crippen LogP contribution in [0.4, 0.5) is 0 Å². The number of carbonyl (C=O) groups is 1. The van der Waals surface area contributed by atoms with Gasteiger partial charge in [0.25, 0.3) is 0 Å². The first kappa shape index (κ1) is 12.4. The topological polar surface area (TPSA) is 40.5 Å². The highest BCUT2D eigenvalue weighted by Crippen LogP contribution is 2.33. The molecule has 19 heavy (non-hydrogen) atoms. The standard InChI is InChI=1S/C16H19NO2/c18-16(19)15-14-9-5-4-6-12(14)10-11-17(15)13-7-2-1-3-8-13/h2,4-7,9,13,15H,1,3,8,10-11H2,(H,18,19). The van der Waals surface area contributed by atoms with Crippen LogP contribution in [0, 0.1) is 0 Å². The quantitative estimate of drug-likeness (QED) is 0.828. The Labute approximate surface area is 113 Å². The number of fused-ring (bicyclic) bond motifs is 1. The van der Waals surface area contributed by atoms with Crippen LogP contribution < -0.4 is 0 Å². The Morgan fingerprint density at radius 1 is 1.32 bits per heavy atom. The number of carboxylic acid groups (broad SMARTS) is 1. The maximum atomic E-state index is 11.7. The maximum Gasteiger partial charge on any atom is 0.325 e. The third kappa shape index (κ3) is 2.30. The van der Waals surface area contributed by atoms with Crippen molar-refractivity contribution in [3.05, 3.63) is 47.5 Å². The Bertz CT molecular complexity index is 509. The number of hydrogen-bond donors (Lipinski definition) is 1. The first-order chi connectivity index (χ1) is 9.27. The van der Waals surface area contributed by atoms with Crippen molar-refractivity contribution in [3.8, 4) is 0 Å². The summed E-state index contributed by atoms with van der Waals surface area (Å²) in [5.41, 5.74) is 2.16. The van der Waals surface area contributed by atoms with Crippen LogP contribution in [-0.2, 0) is 11.2 Å². The predicted molar refractivity (Wildman–Crippen MR) is 74.0 cm³/mol. The van der Waals surface area contributed by atoms with Gasteiger partial charge in [-0.15, -0.1) is 0 Å². The van der Waals surface area contributed by atoms with E-state index in [0.717, 1.165) is 37.8 Å². The van der Waals surface area contributed by atoms with Gasteiger partial charge < -0.3 is 5.11 Å². The van der Waals surface area contributed by atoms with Gasteiger partial charge >= 0.3 is 5.97 Å². The third-order valence-electron chi connectivity index (χ3n) is 4.21. The Morgan fingerprint density at radius 2 is 2.16 bits per heavy atom. The molecule has 2 unspecified atom stereocenters. The van der Waals surface area contributed by atoms with E-state index in [1.54, 1.807) is 0 Å². The summed E-state index contributed by atoms with van der Waals surface area (Å²) in [5.74, 6) is -0.730. The highest BCUT2D eigenvalue weighted by Gasteiger charge is 2.36. The molecule has 2 atom stereocenters. The second-order valence-electron chi connectivity index (χ2n) is 5.35. The minimum Gasteiger partial charge on any atom is -0.480 e. The number of rotatable bonds is 2. The molecule has 0 saturated heterocycles. The normalized spacial score (nSPS) is 26.9. The van der Waals surface area contributed by atoms with Crippen molar-refractivity contribution in [3.63, 3.8) is 0 Å². The number of allylic oxidation sites excluding steroid dienone is 1. The molecule has 0 saturated carbocycles. The van der Waals surface area contributed by atoms with Gasteiger partial charge in [-0.25, -0.2) is 0 Å². The van der Waals surface area contributed by atoms with Crippen molar-refractivity contribution in [1.82, 2.24) is 4.90 Å². The minimum atomic E-state index is -0.730. The lowest BCUT2D eigenvalue weighted by atomic mass is 9.89. The largest absolute Gasteiger partial charge is 0.480 e. The van der Waals surface area contributed by atoms with Gasteiger partial charge in [-0.1, -0.05) is 36.4 Å². The van der Waals surface area contributed by atoms with Crippen LogP contribution in [0.25, 0.3) is 0 Å². The highest BCUT2D eigenvalue weighted by molar-refractivity contribution is 5.76. The molecule has 1 aliphatic heterocycles. The molecule has 0 fully saturated rings. The van der Waals surface area contributed by atoms with Gasteiger partial charge in [0, 0.05) is 12.6 Å². The number of aliphatic carboxylic acids is 1. The summed E-state index contributed by atoms with van der Waals surface area (Å²) < 4.78 is 0. The SMILES string of the molecule is O=C(O)C1c2ccccc2CCN1C1C=CCCC1. The molecule has 0 amide bonds. The Kier molecular flexibility index (Phi) is 3.38. The molecule has 1 aliphatic carbocycles. The van der Waals surface area contributed by atoms with E-state index >= 15 is 0 Å². The summed E-state index contributed by atoms with van der Waals surface area (Å²) in [6, 6.07) is 7.75. The fourth-order valence-corrected chi connectivity index (χ4v) is 3.29. The highest BCUT2D eigenvalue weighted by atomic mass is 16.4. The van der Waals surface area contributed by atoms with E-state index in [1.165, 1.54) is 5.56 Å². The van der Waals surface area contributed by atoms with Crippen LogP contribution >= 0.6 is 0 Å². The molecule has 1 heterocycles. The second-order valence-corrected chi connectivity index (χ2v) is 5.35. The molecule has 0 aromatic heterocycles. The Balaban J connectivity index is 1.96. The summed E-state index contributed by atoms with van der Waals surface area (Å²) >= 11 is 0. The lowest BCUT2D eigenvalue weighted by Crippen LogP contribution is -2.45. The van der Waals surface area contributed by atoms with E-state index in [9.17, 15) is 9.90 Å². The first-order valence-corrected chi connectivity index (χ1v) is 7.00. The van der Waals surface area contributed by atoms with Gasteiger partial charge in [-0.05, 0) is 36.8 Å². The average molecular weight is 257 g/mol. The van der Waals surface area contributed by atoms with E-state index in [0.29, 0.717) is 0 Å². The van der Waals surface area contributed by atoms with Crippen molar-refractivity contribution >= 4 is 5.97 Å². The smallest absolute Gasteiger partial charge is 0.325 e. The van der Waals surface area contributed by atoms with Gasteiger partial charge in [0.1, 0.15) is 6.04 Å². The van der Waals surface area contributed by atoms with Crippen LogP contribution in [0.1, 0.15) is 36.4 Å². The number of hydrogen-bond acceptors (Lipinski definition) is 2. The van der Waals surface area contributed by atoms with Gasteiger partial charge in [0.2, 0.25) is 0 Å². The van der Waals surface area contributed by atoms with Crippen LogP contribution in [0.5, 0.6) is 0 Å². The lowest BCUT2D eigenvalue weighted by molar-refractivity contribution is -0.144. The van der Waals surface area contributed by atoms with E-state index in [-0.39, 0.29) is 6.04 Å². The molecule has 3 rings (SSSR count). The zero-order valence-corrected chi connectivity index (χ0v) is 11.0. The molecule has 1 aromatic carbocycles. The molecule has 0 bridgehead atoms. The molecule has 1 N–H and O–H groups in total. The van der Waals surface area contributed by atoms with Crippen molar-refractivity contribution in [1.29, 1.82) is 0 Å². The summed E-state index contributed by atoms with van der Waals surface area (Å²) in [4.78, 5) is 13.9. The number of carboxylic acids is 1. The van der Waals surface area contributed by atoms with Gasteiger partial charge in [0.15, 0.2) is 0 Å². The maximum absolute atomic E-state index is 11.7. The molecule has 1 aromatic rings. The zero-order valence-electron chi connectivity index (χ0n) is 11.0. The summed E-state index contributed by atoms with van der Waals surface area (Å²) in [6.07, 6.45) is 8.68. The second kappa shape index (κ2) is 5.17. The van der Waals surface area contributed by atoms with E-state index in [2.05, 4.69) is 23.1 Å². The van der Waals surface area contributed by atoms with E-state index in [4.69, 9.17) is 0 Å². The van der Waals surface area contributed by atoms with Gasteiger partial charge in [-0.3, -0.25) is 9.69 Å². The fourth-order valence-electron chi connectivity index (χ4n) is 3.29. The van der Waals surface area contributed by atoms with E-state index in [1.807, 2.05) is 18.2 Å². The molecule has 0 radical (unpaired) electrons. The van der Waals surface area contributed by atoms with Crippen LogP contribution in [0.15, 0.2) is 36.4 Å². The summed E-state index contributed by atoms with van der Waals surface area (Å²) in [7, 11) is 0. The Hall–Kier alpha value is -1.61. The lowest BCUT2D eigenvalue weighted by Gasteiger charge is -2.40. The van der Waals surface area contributed by atoms with Crippen LogP contribution in [0.2, 0.25) is 0 Å². The average Bonchev–Trinajstić information content (AvgIpc) is 2.46. The van der Waals surface area contributed by atoms with Gasteiger partial charge in [-0.2, -0.15) is 0 Å². The molecule has 3 nitrogen and oxygen atoms in total. The monoisotopic (exact) mass is 257 g/mol. The molecular formula is C16H19NO2. The zero-order chi connectivity index (χ0) is 13.2. The predicted octanol–water partition coefficient (Wildman–Crippen LogP) is 2.78. The third-order valence-corrected chi connectivity index (χ3v) is 4.21. The number of benzene rings is 1. The number of nitrogens with zero attached hydrogens (tertiary/aromatic N) is 1. The van der Waals surface area contributed by atoms with Crippen LogP contribution in [-0.4, -0.2) is 28.6 Å².